The van der Waals surface area contributed by atoms with Crippen molar-refractivity contribution in [3.05, 3.63) is 18.7 Å². The number of nitrogens with two attached hydrogens (primary N) is 1. The van der Waals surface area contributed by atoms with Crippen LogP contribution in [-0.4, -0.2) is 27.0 Å². The molecule has 0 spiro atoms. The number of hydrogen-bond acceptors (Lipinski definition) is 3. The Morgan fingerprint density at radius 2 is 2.06 bits per heavy atom. The topological polar surface area (TPSA) is 72.9 Å². The van der Waals surface area contributed by atoms with Gasteiger partial charge in [0.25, 0.3) is 0 Å². The van der Waals surface area contributed by atoms with Crippen LogP contribution in [0.4, 0.5) is 0 Å². The molecule has 1 heterocycles. The number of carbonyl (C=O) groups excluding carboxylic acids is 1. The first-order chi connectivity index (χ1) is 8.14. The predicted octanol–water partition coefficient (Wildman–Crippen LogP) is 1.15. The zero-order valence-electron chi connectivity index (χ0n) is 11.9. The Bertz CT molecular complexity index is 390. The van der Waals surface area contributed by atoms with Gasteiger partial charge in [-0.25, -0.2) is 4.98 Å². The minimum Gasteiger partial charge on any atom is -0.351 e. The maximum absolute atomic E-state index is 12.2. The van der Waals surface area contributed by atoms with E-state index < -0.39 is 11.0 Å². The molecule has 5 nitrogen and oxygen atoms in total. The van der Waals surface area contributed by atoms with E-state index in [1.54, 1.807) is 12.5 Å². The average molecular weight is 252 g/mol. The molecule has 1 atom stereocenters. The predicted molar refractivity (Wildman–Crippen MR) is 71.9 cm³/mol. The zero-order valence-corrected chi connectivity index (χ0v) is 11.9. The highest BCUT2D eigenvalue weighted by Crippen LogP contribution is 2.28. The maximum atomic E-state index is 12.2. The first kappa shape index (κ1) is 14.7. The van der Waals surface area contributed by atoms with Crippen molar-refractivity contribution >= 4 is 5.91 Å². The lowest BCUT2D eigenvalue weighted by molar-refractivity contribution is -0.133. The third-order valence-electron chi connectivity index (χ3n) is 3.60. The SMILES string of the molecule is CC(Cn1ccnc1)NC(=O)C(C)(C)C(C)(C)N. The fourth-order valence-electron chi connectivity index (χ4n) is 1.45. The number of hydrogen-bond donors (Lipinski definition) is 2. The highest BCUT2D eigenvalue weighted by Gasteiger charge is 2.40. The molecular weight excluding hydrogens is 228 g/mol. The molecule has 0 saturated heterocycles. The van der Waals surface area contributed by atoms with Crippen molar-refractivity contribution < 1.29 is 4.79 Å². The smallest absolute Gasteiger partial charge is 0.227 e. The quantitative estimate of drug-likeness (QED) is 0.825. The molecule has 0 saturated carbocycles. The second-order valence-electron chi connectivity index (χ2n) is 5.98. The Hall–Kier alpha value is -1.36. The summed E-state index contributed by atoms with van der Waals surface area (Å²) in [5.74, 6) is -0.0254. The molecule has 0 aromatic carbocycles. The average Bonchev–Trinajstić information content (AvgIpc) is 2.68. The molecule has 0 aliphatic rings. The first-order valence-corrected chi connectivity index (χ1v) is 6.20. The van der Waals surface area contributed by atoms with Gasteiger partial charge in [0.05, 0.1) is 11.7 Å². The highest BCUT2D eigenvalue weighted by atomic mass is 16.2. The van der Waals surface area contributed by atoms with Gasteiger partial charge in [-0.2, -0.15) is 0 Å². The van der Waals surface area contributed by atoms with Gasteiger partial charge in [-0.3, -0.25) is 4.79 Å². The number of nitrogens with one attached hydrogen (secondary N) is 1. The van der Waals surface area contributed by atoms with Gasteiger partial charge in [-0.15, -0.1) is 0 Å². The van der Waals surface area contributed by atoms with Gasteiger partial charge in [0.2, 0.25) is 5.91 Å². The van der Waals surface area contributed by atoms with Gasteiger partial charge in [-0.1, -0.05) is 0 Å². The van der Waals surface area contributed by atoms with E-state index in [-0.39, 0.29) is 11.9 Å². The maximum Gasteiger partial charge on any atom is 0.227 e. The molecule has 0 bridgehead atoms. The molecule has 1 amide bonds. The van der Waals surface area contributed by atoms with E-state index in [1.807, 2.05) is 45.4 Å². The van der Waals surface area contributed by atoms with Crippen molar-refractivity contribution in [2.45, 2.75) is 52.7 Å². The van der Waals surface area contributed by atoms with Crippen molar-refractivity contribution in [3.63, 3.8) is 0 Å². The van der Waals surface area contributed by atoms with E-state index in [9.17, 15) is 4.79 Å². The van der Waals surface area contributed by atoms with Crippen LogP contribution in [0.25, 0.3) is 0 Å². The van der Waals surface area contributed by atoms with E-state index in [0.717, 1.165) is 0 Å². The highest BCUT2D eigenvalue weighted by molar-refractivity contribution is 5.83. The van der Waals surface area contributed by atoms with Gasteiger partial charge in [-0.05, 0) is 34.6 Å². The number of amides is 1. The number of imidazole rings is 1. The fourth-order valence-corrected chi connectivity index (χ4v) is 1.45. The van der Waals surface area contributed by atoms with E-state index >= 15 is 0 Å². The summed E-state index contributed by atoms with van der Waals surface area (Å²) in [4.78, 5) is 16.2. The van der Waals surface area contributed by atoms with E-state index in [2.05, 4.69) is 10.3 Å². The van der Waals surface area contributed by atoms with Crippen LogP contribution in [-0.2, 0) is 11.3 Å². The van der Waals surface area contributed by atoms with Crippen LogP contribution in [0.1, 0.15) is 34.6 Å². The normalized spacial score (nSPS) is 14.3. The van der Waals surface area contributed by atoms with Gasteiger partial charge < -0.3 is 15.6 Å². The van der Waals surface area contributed by atoms with Gasteiger partial charge >= 0.3 is 0 Å². The summed E-state index contributed by atoms with van der Waals surface area (Å²) in [7, 11) is 0. The summed E-state index contributed by atoms with van der Waals surface area (Å²) in [6.45, 7) is 10.1. The van der Waals surface area contributed by atoms with Crippen molar-refractivity contribution in [1.82, 2.24) is 14.9 Å². The van der Waals surface area contributed by atoms with Gasteiger partial charge in [0.1, 0.15) is 0 Å². The molecule has 1 rings (SSSR count). The molecule has 1 aromatic heterocycles. The van der Waals surface area contributed by atoms with Gasteiger partial charge in [0, 0.05) is 30.5 Å². The van der Waals surface area contributed by atoms with Crippen LogP contribution in [0, 0.1) is 5.41 Å². The number of nitrogens with zero attached hydrogens (tertiary/aromatic N) is 2. The Morgan fingerprint density at radius 3 is 2.50 bits per heavy atom. The monoisotopic (exact) mass is 252 g/mol. The minimum atomic E-state index is -0.615. The van der Waals surface area contributed by atoms with Crippen molar-refractivity contribution in [2.75, 3.05) is 0 Å². The van der Waals surface area contributed by atoms with Crippen LogP contribution >= 0.6 is 0 Å². The molecule has 0 aliphatic carbocycles. The molecule has 102 valence electrons. The summed E-state index contributed by atoms with van der Waals surface area (Å²) < 4.78 is 1.94. The third kappa shape index (κ3) is 3.32. The van der Waals surface area contributed by atoms with Crippen LogP contribution in [0.2, 0.25) is 0 Å². The zero-order chi connectivity index (χ0) is 14.0. The lowest BCUT2D eigenvalue weighted by atomic mass is 9.74. The molecule has 5 heteroatoms. The molecule has 0 radical (unpaired) electrons. The van der Waals surface area contributed by atoms with E-state index in [4.69, 9.17) is 5.73 Å². The molecule has 1 aromatic rings. The summed E-state index contributed by atoms with van der Waals surface area (Å²) in [6.07, 6.45) is 5.34. The van der Waals surface area contributed by atoms with Crippen molar-refractivity contribution in [2.24, 2.45) is 11.1 Å². The van der Waals surface area contributed by atoms with Crippen LogP contribution in [0.15, 0.2) is 18.7 Å². The fraction of sp³-hybridized carbons (Fsp3) is 0.692. The molecule has 0 aliphatic heterocycles. The standard InChI is InChI=1S/C13H24N4O/c1-10(8-17-7-6-15-9-17)16-11(18)12(2,3)13(4,5)14/h6-7,9-10H,8,14H2,1-5H3,(H,16,18). The number of aromatic nitrogens is 2. The minimum absolute atomic E-state index is 0.0254. The number of carbonyl (C=O) groups is 1. The second kappa shape index (κ2) is 5.10. The van der Waals surface area contributed by atoms with Crippen LogP contribution in [0.3, 0.4) is 0 Å². The molecule has 18 heavy (non-hydrogen) atoms. The molecule has 1 unspecified atom stereocenters. The number of rotatable bonds is 5. The van der Waals surface area contributed by atoms with E-state index in [1.165, 1.54) is 0 Å². The van der Waals surface area contributed by atoms with Gasteiger partial charge in [0.15, 0.2) is 0 Å². The van der Waals surface area contributed by atoms with Crippen LogP contribution in [0.5, 0.6) is 0 Å². The Kier molecular flexibility index (Phi) is 4.16. The summed E-state index contributed by atoms with van der Waals surface area (Å²) in [6, 6.07) is 0.0355. The Balaban J connectivity index is 2.59. The Morgan fingerprint density at radius 1 is 1.44 bits per heavy atom. The molecule has 3 N–H and O–H groups in total. The van der Waals surface area contributed by atoms with Crippen LogP contribution < -0.4 is 11.1 Å². The molecule has 0 fully saturated rings. The molecular formula is C13H24N4O. The van der Waals surface area contributed by atoms with Crippen molar-refractivity contribution in [1.29, 1.82) is 0 Å². The largest absolute Gasteiger partial charge is 0.351 e. The summed E-state index contributed by atoms with van der Waals surface area (Å²) in [5, 5.41) is 3.00. The lowest BCUT2D eigenvalue weighted by Gasteiger charge is -2.37. The van der Waals surface area contributed by atoms with Crippen molar-refractivity contribution in [3.8, 4) is 0 Å². The third-order valence-corrected chi connectivity index (χ3v) is 3.60. The lowest BCUT2D eigenvalue weighted by Crippen LogP contribution is -2.57. The first-order valence-electron chi connectivity index (χ1n) is 6.20. The summed E-state index contributed by atoms with van der Waals surface area (Å²) in [5.41, 5.74) is 4.87. The van der Waals surface area contributed by atoms with E-state index in [0.29, 0.717) is 6.54 Å². The second-order valence-corrected chi connectivity index (χ2v) is 5.98. The summed E-state index contributed by atoms with van der Waals surface area (Å²) >= 11 is 0. The Labute approximate surface area is 109 Å².